The lowest BCUT2D eigenvalue weighted by atomic mass is 10.1. The van der Waals surface area contributed by atoms with Gasteiger partial charge in [-0.05, 0) is 61.4 Å². The van der Waals surface area contributed by atoms with Crippen LogP contribution in [-0.4, -0.2) is 38.3 Å². The van der Waals surface area contributed by atoms with Crippen LogP contribution >= 0.6 is 23.4 Å². The second-order valence-corrected chi connectivity index (χ2v) is 7.89. The molecule has 0 saturated carbocycles. The number of benzene rings is 2. The first-order valence-electron chi connectivity index (χ1n) is 8.59. The number of hydrogen-bond donors (Lipinski definition) is 1. The van der Waals surface area contributed by atoms with Crippen LogP contribution in [0.5, 0.6) is 5.75 Å². The Kier molecular flexibility index (Phi) is 6.42. The molecule has 1 atom stereocenters. The maximum Gasteiger partial charge on any atom is 0.191 e. The van der Waals surface area contributed by atoms with Gasteiger partial charge in [-0.15, -0.1) is 10.2 Å². The Bertz CT molecular complexity index is 892. The van der Waals surface area contributed by atoms with Crippen LogP contribution in [0.4, 0.5) is 0 Å². The van der Waals surface area contributed by atoms with Gasteiger partial charge in [-0.3, -0.25) is 0 Å². The highest BCUT2D eigenvalue weighted by Crippen LogP contribution is 2.24. The zero-order valence-electron chi connectivity index (χ0n) is 15.5. The van der Waals surface area contributed by atoms with E-state index in [0.717, 1.165) is 33.4 Å². The van der Waals surface area contributed by atoms with Gasteiger partial charge in [-0.1, -0.05) is 29.4 Å². The van der Waals surface area contributed by atoms with Gasteiger partial charge >= 0.3 is 0 Å². The van der Waals surface area contributed by atoms with Crippen molar-refractivity contribution < 1.29 is 9.84 Å². The van der Waals surface area contributed by atoms with Gasteiger partial charge in [0.05, 0.1) is 6.10 Å². The predicted molar refractivity (Wildman–Crippen MR) is 110 cm³/mol. The summed E-state index contributed by atoms with van der Waals surface area (Å²) in [6.07, 6.45) is -0.605. The van der Waals surface area contributed by atoms with Crippen LogP contribution in [0.15, 0.2) is 47.6 Å². The van der Waals surface area contributed by atoms with E-state index in [1.54, 1.807) is 0 Å². The summed E-state index contributed by atoms with van der Waals surface area (Å²) in [7, 11) is 1.91. The highest BCUT2D eigenvalue weighted by Gasteiger charge is 2.14. The lowest BCUT2D eigenvalue weighted by Gasteiger charge is -2.13. The SMILES string of the molecule is Cc1cc(C)cc(OC[C@@H](O)CSc2nnc(-c3ccc(Cl)cc3)n2C)c1. The molecule has 27 heavy (non-hydrogen) atoms. The van der Waals surface area contributed by atoms with Crippen LogP contribution in [0.1, 0.15) is 11.1 Å². The molecule has 3 rings (SSSR count). The highest BCUT2D eigenvalue weighted by molar-refractivity contribution is 7.99. The minimum absolute atomic E-state index is 0.234. The number of aliphatic hydroxyl groups is 1. The summed E-state index contributed by atoms with van der Waals surface area (Å²) in [4.78, 5) is 0. The molecule has 0 amide bonds. The molecular formula is C20H22ClN3O2S. The van der Waals surface area contributed by atoms with Crippen LogP contribution < -0.4 is 4.74 Å². The Labute approximate surface area is 168 Å². The largest absolute Gasteiger partial charge is 0.491 e. The second kappa shape index (κ2) is 8.78. The van der Waals surface area contributed by atoms with E-state index in [4.69, 9.17) is 16.3 Å². The van der Waals surface area contributed by atoms with Crippen LogP contribution in [0.2, 0.25) is 5.02 Å². The Morgan fingerprint density at radius 2 is 1.78 bits per heavy atom. The molecule has 0 aliphatic heterocycles. The Morgan fingerprint density at radius 3 is 2.44 bits per heavy atom. The van der Waals surface area contributed by atoms with Gasteiger partial charge in [-0.25, -0.2) is 0 Å². The molecule has 2 aromatic carbocycles. The van der Waals surface area contributed by atoms with Crippen molar-refractivity contribution in [3.05, 3.63) is 58.6 Å². The van der Waals surface area contributed by atoms with Crippen molar-refractivity contribution in [2.45, 2.75) is 25.1 Å². The molecule has 0 radical (unpaired) electrons. The van der Waals surface area contributed by atoms with Crippen LogP contribution in [0.25, 0.3) is 11.4 Å². The van der Waals surface area contributed by atoms with Crippen molar-refractivity contribution in [3.63, 3.8) is 0 Å². The van der Waals surface area contributed by atoms with Gasteiger partial charge in [0.2, 0.25) is 0 Å². The van der Waals surface area contributed by atoms with Gasteiger partial charge in [0.25, 0.3) is 0 Å². The van der Waals surface area contributed by atoms with E-state index in [1.807, 2.05) is 61.9 Å². The summed E-state index contributed by atoms with van der Waals surface area (Å²) >= 11 is 7.38. The summed E-state index contributed by atoms with van der Waals surface area (Å²) in [6.45, 7) is 4.29. The number of thioether (sulfide) groups is 1. The molecule has 5 nitrogen and oxygen atoms in total. The van der Waals surface area contributed by atoms with Gasteiger partial charge < -0.3 is 14.4 Å². The standard InChI is InChI=1S/C20H22ClN3O2S/c1-13-8-14(2)10-18(9-13)26-11-17(25)12-27-20-23-22-19(24(20)3)15-4-6-16(21)7-5-15/h4-10,17,25H,11-12H2,1-3H3/t17-/m1/s1. The molecule has 0 aliphatic rings. The minimum Gasteiger partial charge on any atom is -0.491 e. The average Bonchev–Trinajstić information content (AvgIpc) is 2.99. The zero-order valence-corrected chi connectivity index (χ0v) is 17.1. The summed E-state index contributed by atoms with van der Waals surface area (Å²) in [5.41, 5.74) is 3.23. The van der Waals surface area contributed by atoms with E-state index in [9.17, 15) is 5.11 Å². The van der Waals surface area contributed by atoms with Crippen LogP contribution in [0.3, 0.4) is 0 Å². The number of aliphatic hydroxyl groups excluding tert-OH is 1. The third kappa shape index (κ3) is 5.25. The van der Waals surface area contributed by atoms with Gasteiger partial charge in [0.15, 0.2) is 11.0 Å². The number of aromatic nitrogens is 3. The number of halogens is 1. The Hall–Kier alpha value is -2.02. The fraction of sp³-hybridized carbons (Fsp3) is 0.300. The molecule has 0 saturated heterocycles. The maximum absolute atomic E-state index is 10.2. The molecule has 0 aliphatic carbocycles. The normalized spacial score (nSPS) is 12.2. The van der Waals surface area contributed by atoms with E-state index < -0.39 is 6.10 Å². The number of aryl methyl sites for hydroxylation is 2. The van der Waals surface area contributed by atoms with E-state index in [2.05, 4.69) is 16.3 Å². The fourth-order valence-corrected chi connectivity index (χ4v) is 3.66. The number of hydrogen-bond acceptors (Lipinski definition) is 5. The summed E-state index contributed by atoms with van der Waals surface area (Å²) in [5, 5.41) is 20.1. The van der Waals surface area contributed by atoms with Gasteiger partial charge in [0, 0.05) is 23.4 Å². The Balaban J connectivity index is 1.56. The molecule has 7 heteroatoms. The summed E-state index contributed by atoms with van der Waals surface area (Å²) < 4.78 is 7.62. The van der Waals surface area contributed by atoms with Crippen molar-refractivity contribution in [2.24, 2.45) is 7.05 Å². The lowest BCUT2D eigenvalue weighted by Crippen LogP contribution is -2.20. The number of nitrogens with zero attached hydrogens (tertiary/aromatic N) is 3. The molecule has 1 heterocycles. The fourth-order valence-electron chi connectivity index (χ4n) is 2.72. The maximum atomic E-state index is 10.2. The molecule has 1 N–H and O–H groups in total. The molecule has 0 spiro atoms. The third-order valence-electron chi connectivity index (χ3n) is 3.98. The lowest BCUT2D eigenvalue weighted by molar-refractivity contribution is 0.126. The number of ether oxygens (including phenoxy) is 1. The monoisotopic (exact) mass is 403 g/mol. The average molecular weight is 404 g/mol. The van der Waals surface area contributed by atoms with Crippen molar-refractivity contribution in [2.75, 3.05) is 12.4 Å². The molecule has 142 valence electrons. The quantitative estimate of drug-likeness (QED) is 0.596. The summed E-state index contributed by atoms with van der Waals surface area (Å²) in [6, 6.07) is 13.5. The minimum atomic E-state index is -0.605. The smallest absolute Gasteiger partial charge is 0.191 e. The van der Waals surface area contributed by atoms with Crippen molar-refractivity contribution in [3.8, 4) is 17.1 Å². The first-order valence-corrected chi connectivity index (χ1v) is 9.96. The van der Waals surface area contributed by atoms with E-state index in [0.29, 0.717) is 10.8 Å². The van der Waals surface area contributed by atoms with Gasteiger partial charge in [-0.2, -0.15) is 0 Å². The first-order chi connectivity index (χ1) is 12.9. The predicted octanol–water partition coefficient (Wildman–Crippen LogP) is 4.28. The van der Waals surface area contributed by atoms with Crippen LogP contribution in [0, 0.1) is 13.8 Å². The van der Waals surface area contributed by atoms with Crippen LogP contribution in [-0.2, 0) is 7.05 Å². The Morgan fingerprint density at radius 1 is 1.11 bits per heavy atom. The third-order valence-corrected chi connectivity index (χ3v) is 5.40. The second-order valence-electron chi connectivity index (χ2n) is 6.47. The zero-order chi connectivity index (χ0) is 19.4. The molecule has 0 bridgehead atoms. The van der Waals surface area contributed by atoms with Crippen molar-refractivity contribution in [1.29, 1.82) is 0 Å². The molecular weight excluding hydrogens is 382 g/mol. The van der Waals surface area contributed by atoms with Gasteiger partial charge in [0.1, 0.15) is 12.4 Å². The molecule has 1 aromatic heterocycles. The summed E-state index contributed by atoms with van der Waals surface area (Å²) in [5.74, 6) is 2.01. The number of rotatable bonds is 7. The van der Waals surface area contributed by atoms with E-state index >= 15 is 0 Å². The van der Waals surface area contributed by atoms with E-state index in [-0.39, 0.29) is 6.61 Å². The topological polar surface area (TPSA) is 60.2 Å². The van der Waals surface area contributed by atoms with Crippen molar-refractivity contribution >= 4 is 23.4 Å². The van der Waals surface area contributed by atoms with Crippen molar-refractivity contribution in [1.82, 2.24) is 14.8 Å². The first kappa shape index (κ1) is 19.7. The highest BCUT2D eigenvalue weighted by atomic mass is 35.5. The molecule has 0 fully saturated rings. The molecule has 0 unspecified atom stereocenters. The van der Waals surface area contributed by atoms with E-state index in [1.165, 1.54) is 11.8 Å². The molecule has 3 aromatic rings.